The first-order valence-electron chi connectivity index (χ1n) is 7.55. The van der Waals surface area contributed by atoms with Crippen LogP contribution in [0.15, 0.2) is 64.6 Å². The van der Waals surface area contributed by atoms with Crippen LogP contribution in [-0.4, -0.2) is 18.3 Å². The first-order chi connectivity index (χ1) is 11.8. The number of aromatic nitrogens is 1. The number of non-ortho nitro benzene ring substituents is 1. The van der Waals surface area contributed by atoms with Crippen LogP contribution >= 0.6 is 0 Å². The Morgan fingerprint density at radius 1 is 0.960 bits per heavy atom. The third-order valence-electron chi connectivity index (χ3n) is 4.01. The Kier molecular flexibility index (Phi) is 4.18. The number of sulfone groups is 1. The number of benzene rings is 2. The Bertz CT molecular complexity index is 1030. The van der Waals surface area contributed by atoms with Crippen molar-refractivity contribution in [3.63, 3.8) is 0 Å². The summed E-state index contributed by atoms with van der Waals surface area (Å²) in [6.45, 7) is 3.68. The van der Waals surface area contributed by atoms with Gasteiger partial charge in [0.2, 0.25) is 9.84 Å². The number of nitrogens with one attached hydrogen (secondary N) is 1. The molecule has 7 heteroatoms. The van der Waals surface area contributed by atoms with Crippen LogP contribution in [-0.2, 0) is 9.84 Å². The van der Waals surface area contributed by atoms with E-state index in [1.807, 2.05) is 6.92 Å². The molecule has 0 aliphatic rings. The largest absolute Gasteiger partial charge is 0.351 e. The summed E-state index contributed by atoms with van der Waals surface area (Å²) in [6, 6.07) is 12.5. The third-order valence-corrected chi connectivity index (χ3v) is 5.76. The predicted octanol–water partition coefficient (Wildman–Crippen LogP) is 4.04. The first-order valence-corrected chi connectivity index (χ1v) is 9.03. The summed E-state index contributed by atoms with van der Waals surface area (Å²) < 4.78 is 26.0. The molecule has 3 aromatic rings. The van der Waals surface area contributed by atoms with Crippen molar-refractivity contribution in [2.75, 3.05) is 0 Å². The van der Waals surface area contributed by atoms with Crippen LogP contribution in [0, 0.1) is 24.0 Å². The lowest BCUT2D eigenvalue weighted by molar-refractivity contribution is -0.384. The molecule has 0 fully saturated rings. The number of hydrogen-bond acceptors (Lipinski definition) is 4. The maximum atomic E-state index is 13.0. The van der Waals surface area contributed by atoms with E-state index in [0.29, 0.717) is 11.1 Å². The van der Waals surface area contributed by atoms with E-state index >= 15 is 0 Å². The van der Waals surface area contributed by atoms with Crippen LogP contribution in [0.2, 0.25) is 0 Å². The molecule has 3 rings (SSSR count). The van der Waals surface area contributed by atoms with Gasteiger partial charge in [0.1, 0.15) is 5.03 Å². The van der Waals surface area contributed by atoms with E-state index in [2.05, 4.69) is 4.98 Å². The standard InChI is InChI=1S/C18H16N2O4S/c1-12-3-9-16(10-4-12)25(23,24)18-17(13(2)11-19-18)14-5-7-15(8-6-14)20(21)22/h3-11,19H,1-2H3. The molecule has 0 aliphatic heterocycles. The van der Waals surface area contributed by atoms with Gasteiger partial charge >= 0.3 is 0 Å². The van der Waals surface area contributed by atoms with Gasteiger partial charge in [0, 0.05) is 23.9 Å². The van der Waals surface area contributed by atoms with Crippen LogP contribution in [0.25, 0.3) is 11.1 Å². The molecule has 0 atom stereocenters. The number of aryl methyl sites for hydroxylation is 2. The highest BCUT2D eigenvalue weighted by molar-refractivity contribution is 7.91. The fourth-order valence-corrected chi connectivity index (χ4v) is 4.14. The minimum atomic E-state index is -3.73. The SMILES string of the molecule is Cc1ccc(S(=O)(=O)c2[nH]cc(C)c2-c2ccc([N+](=O)[O-])cc2)cc1. The van der Waals surface area contributed by atoms with Gasteiger partial charge in [-0.05, 0) is 49.2 Å². The zero-order chi connectivity index (χ0) is 18.2. The summed E-state index contributed by atoms with van der Waals surface area (Å²) in [5.74, 6) is 0. The minimum absolute atomic E-state index is 0.0418. The number of hydrogen-bond donors (Lipinski definition) is 1. The number of aromatic amines is 1. The molecule has 0 bridgehead atoms. The zero-order valence-electron chi connectivity index (χ0n) is 13.7. The highest BCUT2D eigenvalue weighted by atomic mass is 32.2. The van der Waals surface area contributed by atoms with Crippen molar-refractivity contribution in [3.8, 4) is 11.1 Å². The van der Waals surface area contributed by atoms with Gasteiger partial charge in [-0.25, -0.2) is 8.42 Å². The van der Waals surface area contributed by atoms with Crippen LogP contribution in [0.4, 0.5) is 5.69 Å². The Morgan fingerprint density at radius 3 is 2.12 bits per heavy atom. The summed E-state index contributed by atoms with van der Waals surface area (Å²) >= 11 is 0. The van der Waals surface area contributed by atoms with Crippen LogP contribution in [0.5, 0.6) is 0 Å². The molecule has 2 aromatic carbocycles. The Hall–Kier alpha value is -2.93. The van der Waals surface area contributed by atoms with Crippen molar-refractivity contribution in [1.82, 2.24) is 4.98 Å². The van der Waals surface area contributed by atoms with E-state index in [9.17, 15) is 18.5 Å². The Balaban J connectivity index is 2.13. The number of nitro benzene ring substituents is 1. The van der Waals surface area contributed by atoms with E-state index in [0.717, 1.165) is 11.1 Å². The number of nitro groups is 1. The average molecular weight is 356 g/mol. The molecule has 0 amide bonds. The fourth-order valence-electron chi connectivity index (χ4n) is 2.65. The maximum Gasteiger partial charge on any atom is 0.269 e. The second-order valence-electron chi connectivity index (χ2n) is 5.80. The summed E-state index contributed by atoms with van der Waals surface area (Å²) in [4.78, 5) is 13.4. The van der Waals surface area contributed by atoms with Crippen LogP contribution < -0.4 is 0 Å². The molecule has 0 saturated heterocycles. The summed E-state index contributed by atoms with van der Waals surface area (Å²) in [6.07, 6.45) is 1.62. The van der Waals surface area contributed by atoms with Crippen molar-refractivity contribution in [1.29, 1.82) is 0 Å². The number of H-pyrrole nitrogens is 1. The van der Waals surface area contributed by atoms with Crippen molar-refractivity contribution < 1.29 is 13.3 Å². The first kappa shape index (κ1) is 16.9. The second-order valence-corrected chi connectivity index (χ2v) is 7.68. The topological polar surface area (TPSA) is 93.1 Å². The molecule has 25 heavy (non-hydrogen) atoms. The summed E-state index contributed by atoms with van der Waals surface area (Å²) in [5, 5.41) is 10.9. The fraction of sp³-hybridized carbons (Fsp3) is 0.111. The van der Waals surface area contributed by atoms with Crippen molar-refractivity contribution in [3.05, 3.63) is 76.0 Å². The summed E-state index contributed by atoms with van der Waals surface area (Å²) in [5.41, 5.74) is 2.81. The molecule has 1 N–H and O–H groups in total. The molecular weight excluding hydrogens is 340 g/mol. The Labute approximate surface area is 145 Å². The maximum absolute atomic E-state index is 13.0. The van der Waals surface area contributed by atoms with E-state index < -0.39 is 14.8 Å². The summed E-state index contributed by atoms with van der Waals surface area (Å²) in [7, 11) is -3.73. The van der Waals surface area contributed by atoms with Gasteiger partial charge in [0.15, 0.2) is 0 Å². The smallest absolute Gasteiger partial charge is 0.269 e. The van der Waals surface area contributed by atoms with Gasteiger partial charge in [-0.15, -0.1) is 0 Å². The van der Waals surface area contributed by atoms with Gasteiger partial charge in [0.05, 0.1) is 9.82 Å². The monoisotopic (exact) mass is 356 g/mol. The van der Waals surface area contributed by atoms with Gasteiger partial charge in [0.25, 0.3) is 5.69 Å². The molecule has 0 unspecified atom stereocenters. The normalized spacial score (nSPS) is 11.4. The average Bonchev–Trinajstić information content (AvgIpc) is 2.97. The number of nitrogens with zero attached hydrogens (tertiary/aromatic N) is 1. The van der Waals surface area contributed by atoms with E-state index in [4.69, 9.17) is 0 Å². The molecule has 0 spiro atoms. The zero-order valence-corrected chi connectivity index (χ0v) is 14.5. The molecule has 0 aliphatic carbocycles. The van der Waals surface area contributed by atoms with Crippen LogP contribution in [0.3, 0.4) is 0 Å². The highest BCUT2D eigenvalue weighted by Crippen LogP contribution is 2.34. The lowest BCUT2D eigenvalue weighted by atomic mass is 10.1. The van der Waals surface area contributed by atoms with Crippen molar-refractivity contribution in [2.24, 2.45) is 0 Å². The van der Waals surface area contributed by atoms with E-state index in [1.54, 1.807) is 49.5 Å². The molecule has 0 saturated carbocycles. The molecule has 6 nitrogen and oxygen atoms in total. The second kappa shape index (κ2) is 6.18. The predicted molar refractivity (Wildman–Crippen MR) is 94.3 cm³/mol. The molecule has 1 aromatic heterocycles. The minimum Gasteiger partial charge on any atom is -0.351 e. The van der Waals surface area contributed by atoms with Gasteiger partial charge in [-0.2, -0.15) is 0 Å². The lowest BCUT2D eigenvalue weighted by Gasteiger charge is -2.08. The van der Waals surface area contributed by atoms with E-state index in [-0.39, 0.29) is 15.6 Å². The Morgan fingerprint density at radius 2 is 1.56 bits per heavy atom. The van der Waals surface area contributed by atoms with Crippen molar-refractivity contribution >= 4 is 15.5 Å². The highest BCUT2D eigenvalue weighted by Gasteiger charge is 2.25. The number of rotatable bonds is 4. The molecule has 0 radical (unpaired) electrons. The van der Waals surface area contributed by atoms with Crippen LogP contribution in [0.1, 0.15) is 11.1 Å². The molecule has 128 valence electrons. The third kappa shape index (κ3) is 3.06. The molecule has 1 heterocycles. The quantitative estimate of drug-likeness (QED) is 0.564. The van der Waals surface area contributed by atoms with Gasteiger partial charge in [-0.3, -0.25) is 10.1 Å². The van der Waals surface area contributed by atoms with Gasteiger partial charge < -0.3 is 4.98 Å². The lowest BCUT2D eigenvalue weighted by Crippen LogP contribution is -2.04. The van der Waals surface area contributed by atoms with Crippen molar-refractivity contribution in [2.45, 2.75) is 23.8 Å². The van der Waals surface area contributed by atoms with E-state index in [1.165, 1.54) is 12.1 Å². The van der Waals surface area contributed by atoms with Gasteiger partial charge in [-0.1, -0.05) is 17.7 Å². The molecular formula is C18H16N2O4S.